The van der Waals surface area contributed by atoms with Crippen molar-refractivity contribution in [2.75, 3.05) is 45.4 Å². The van der Waals surface area contributed by atoms with Crippen LogP contribution in [0.15, 0.2) is 54.6 Å². The monoisotopic (exact) mass is 557 g/mol. The summed E-state index contributed by atoms with van der Waals surface area (Å²) in [6.45, 7) is 8.44. The number of hydrogen-bond acceptors (Lipinski definition) is 6. The van der Waals surface area contributed by atoms with Crippen LogP contribution in [0.1, 0.15) is 42.5 Å². The fourth-order valence-electron chi connectivity index (χ4n) is 5.64. The molecule has 41 heavy (non-hydrogen) atoms. The quantitative estimate of drug-likeness (QED) is 0.397. The molecule has 2 atom stereocenters. The van der Waals surface area contributed by atoms with E-state index in [1.165, 1.54) is 0 Å². The first-order valence-corrected chi connectivity index (χ1v) is 14.2. The van der Waals surface area contributed by atoms with Gasteiger partial charge in [-0.25, -0.2) is 0 Å². The fourth-order valence-corrected chi connectivity index (χ4v) is 5.64. The number of carbonyl (C=O) groups excluding carboxylic acids is 2. The van der Waals surface area contributed by atoms with Gasteiger partial charge in [0.25, 0.3) is 5.91 Å². The van der Waals surface area contributed by atoms with Crippen LogP contribution in [0, 0.1) is 13.8 Å². The standard InChI is InChI=1S/C33H39N3O5/c1-21-16-28-30(17-22(21)2)41-20-32(37)36(28)23(3)33(38)34-27(19-35-14-6-7-15-35)25-10-8-24(9-11-25)26-12-13-29(39-4)31(18-26)40-5/h8-13,16-18,23,27H,6-7,14-15,19-20H2,1-5H3,(H,34,38). The maximum Gasteiger partial charge on any atom is 0.265 e. The highest BCUT2D eigenvalue weighted by molar-refractivity contribution is 6.04. The van der Waals surface area contributed by atoms with Crippen molar-refractivity contribution in [3.8, 4) is 28.4 Å². The van der Waals surface area contributed by atoms with Gasteiger partial charge < -0.3 is 24.4 Å². The Morgan fingerprint density at radius 1 is 0.927 bits per heavy atom. The minimum absolute atomic E-state index is 0.0814. The molecule has 0 bridgehead atoms. The fraction of sp³-hybridized carbons (Fsp3) is 0.394. The van der Waals surface area contributed by atoms with Crippen molar-refractivity contribution in [3.05, 3.63) is 71.3 Å². The molecule has 2 aliphatic heterocycles. The van der Waals surface area contributed by atoms with Gasteiger partial charge in [0, 0.05) is 6.54 Å². The molecule has 1 N–H and O–H groups in total. The minimum Gasteiger partial charge on any atom is -0.493 e. The highest BCUT2D eigenvalue weighted by Crippen LogP contribution is 2.36. The van der Waals surface area contributed by atoms with Gasteiger partial charge in [-0.3, -0.25) is 14.5 Å². The molecule has 8 heteroatoms. The normalized spacial score (nSPS) is 16.5. The molecule has 216 valence electrons. The van der Waals surface area contributed by atoms with Gasteiger partial charge in [-0.15, -0.1) is 0 Å². The van der Waals surface area contributed by atoms with E-state index < -0.39 is 6.04 Å². The van der Waals surface area contributed by atoms with Crippen molar-refractivity contribution in [3.63, 3.8) is 0 Å². The molecule has 2 aliphatic rings. The van der Waals surface area contributed by atoms with Crippen LogP contribution in [0.5, 0.6) is 17.2 Å². The molecule has 2 amide bonds. The third-order valence-electron chi connectivity index (χ3n) is 8.21. The van der Waals surface area contributed by atoms with Crippen LogP contribution >= 0.6 is 0 Å². The van der Waals surface area contributed by atoms with Crippen LogP contribution in [-0.2, 0) is 9.59 Å². The van der Waals surface area contributed by atoms with Crippen molar-refractivity contribution in [1.29, 1.82) is 0 Å². The smallest absolute Gasteiger partial charge is 0.265 e. The molecule has 2 heterocycles. The lowest BCUT2D eigenvalue weighted by atomic mass is 9.99. The van der Waals surface area contributed by atoms with Crippen LogP contribution in [-0.4, -0.2) is 63.2 Å². The van der Waals surface area contributed by atoms with E-state index in [4.69, 9.17) is 14.2 Å². The first-order chi connectivity index (χ1) is 19.8. The van der Waals surface area contributed by atoms with Crippen molar-refractivity contribution in [2.45, 2.75) is 45.7 Å². The van der Waals surface area contributed by atoms with Crippen molar-refractivity contribution < 1.29 is 23.8 Å². The van der Waals surface area contributed by atoms with Crippen LogP contribution in [0.25, 0.3) is 11.1 Å². The lowest BCUT2D eigenvalue weighted by Gasteiger charge is -2.35. The summed E-state index contributed by atoms with van der Waals surface area (Å²) in [5.74, 6) is 1.57. The van der Waals surface area contributed by atoms with E-state index in [0.29, 0.717) is 29.5 Å². The molecular weight excluding hydrogens is 518 g/mol. The Morgan fingerprint density at radius 3 is 2.27 bits per heavy atom. The second-order valence-electron chi connectivity index (χ2n) is 10.9. The molecule has 0 radical (unpaired) electrons. The number of nitrogens with one attached hydrogen (secondary N) is 1. The number of likely N-dealkylation sites (tertiary alicyclic amines) is 1. The highest BCUT2D eigenvalue weighted by Gasteiger charge is 2.34. The average molecular weight is 558 g/mol. The molecule has 0 aliphatic carbocycles. The van der Waals surface area contributed by atoms with E-state index in [2.05, 4.69) is 34.5 Å². The molecule has 0 spiro atoms. The number of carbonyl (C=O) groups is 2. The number of hydrogen-bond donors (Lipinski definition) is 1. The molecule has 8 nitrogen and oxygen atoms in total. The van der Waals surface area contributed by atoms with Crippen LogP contribution < -0.4 is 24.4 Å². The third-order valence-corrected chi connectivity index (χ3v) is 8.21. The van der Waals surface area contributed by atoms with Gasteiger partial charge in [-0.05, 0) is 98.8 Å². The molecule has 1 fully saturated rings. The zero-order chi connectivity index (χ0) is 29.1. The minimum atomic E-state index is -0.695. The molecule has 0 saturated carbocycles. The maximum absolute atomic E-state index is 13.7. The Morgan fingerprint density at radius 2 is 1.59 bits per heavy atom. The maximum atomic E-state index is 13.7. The van der Waals surface area contributed by atoms with E-state index in [0.717, 1.165) is 53.7 Å². The Hall–Kier alpha value is -4.04. The van der Waals surface area contributed by atoms with Gasteiger partial charge in [0.15, 0.2) is 18.1 Å². The topological polar surface area (TPSA) is 80.3 Å². The van der Waals surface area contributed by atoms with Crippen molar-refractivity contribution in [2.24, 2.45) is 0 Å². The summed E-state index contributed by atoms with van der Waals surface area (Å²) < 4.78 is 16.6. The van der Waals surface area contributed by atoms with Crippen LogP contribution in [0.4, 0.5) is 5.69 Å². The van der Waals surface area contributed by atoms with Gasteiger partial charge >= 0.3 is 0 Å². The summed E-state index contributed by atoms with van der Waals surface area (Å²) in [5, 5.41) is 3.28. The number of nitrogens with zero attached hydrogens (tertiary/aromatic N) is 2. The van der Waals surface area contributed by atoms with Gasteiger partial charge in [-0.2, -0.15) is 0 Å². The highest BCUT2D eigenvalue weighted by atomic mass is 16.5. The second-order valence-corrected chi connectivity index (χ2v) is 10.9. The zero-order valence-electron chi connectivity index (χ0n) is 24.5. The van der Waals surface area contributed by atoms with E-state index in [-0.39, 0.29) is 24.5 Å². The molecule has 5 rings (SSSR count). The largest absolute Gasteiger partial charge is 0.493 e. The molecule has 0 aromatic heterocycles. The summed E-state index contributed by atoms with van der Waals surface area (Å²) in [5.41, 5.74) is 5.83. The summed E-state index contributed by atoms with van der Waals surface area (Å²) in [6, 6.07) is 17.1. The summed E-state index contributed by atoms with van der Waals surface area (Å²) >= 11 is 0. The Labute approximate surface area is 242 Å². The third kappa shape index (κ3) is 6.03. The SMILES string of the molecule is COc1ccc(-c2ccc(C(CN3CCCC3)NC(=O)C(C)N3C(=O)COc4cc(C)c(C)cc43)cc2)cc1OC. The average Bonchev–Trinajstić information content (AvgIpc) is 3.50. The van der Waals surface area contributed by atoms with Crippen molar-refractivity contribution >= 4 is 17.5 Å². The molecular formula is C33H39N3O5. The number of ether oxygens (including phenoxy) is 3. The summed E-state index contributed by atoms with van der Waals surface area (Å²) in [4.78, 5) is 30.7. The number of amides is 2. The molecule has 3 aromatic rings. The van der Waals surface area contributed by atoms with Crippen LogP contribution in [0.3, 0.4) is 0 Å². The number of aryl methyl sites for hydroxylation is 2. The first kappa shape index (κ1) is 28.5. The van der Waals surface area contributed by atoms with Gasteiger partial charge in [0.2, 0.25) is 5.91 Å². The second kappa shape index (κ2) is 12.2. The number of benzene rings is 3. The summed E-state index contributed by atoms with van der Waals surface area (Å²) in [6.07, 6.45) is 2.32. The van der Waals surface area contributed by atoms with Crippen LogP contribution in [0.2, 0.25) is 0 Å². The van der Waals surface area contributed by atoms with Gasteiger partial charge in [0.05, 0.1) is 25.9 Å². The predicted molar refractivity (Wildman–Crippen MR) is 160 cm³/mol. The number of anilines is 1. The zero-order valence-corrected chi connectivity index (χ0v) is 24.5. The first-order valence-electron chi connectivity index (χ1n) is 14.2. The van der Waals surface area contributed by atoms with E-state index in [1.807, 2.05) is 44.2 Å². The molecule has 3 aromatic carbocycles. The Kier molecular flexibility index (Phi) is 8.49. The van der Waals surface area contributed by atoms with Gasteiger partial charge in [0.1, 0.15) is 11.8 Å². The number of rotatable bonds is 9. The Balaban J connectivity index is 1.39. The summed E-state index contributed by atoms with van der Waals surface area (Å²) in [7, 11) is 3.25. The van der Waals surface area contributed by atoms with E-state index >= 15 is 0 Å². The predicted octanol–water partition coefficient (Wildman–Crippen LogP) is 5.05. The Bertz CT molecular complexity index is 1420. The van der Waals surface area contributed by atoms with Gasteiger partial charge in [-0.1, -0.05) is 30.3 Å². The number of methoxy groups -OCH3 is 2. The van der Waals surface area contributed by atoms with E-state index in [1.54, 1.807) is 26.0 Å². The molecule has 2 unspecified atom stereocenters. The lowest BCUT2D eigenvalue weighted by Crippen LogP contribution is -2.52. The van der Waals surface area contributed by atoms with E-state index in [9.17, 15) is 9.59 Å². The number of fused-ring (bicyclic) bond motifs is 1. The molecule has 1 saturated heterocycles. The lowest BCUT2D eigenvalue weighted by molar-refractivity contribution is -0.128. The van der Waals surface area contributed by atoms with Crippen molar-refractivity contribution in [1.82, 2.24) is 10.2 Å².